The fourth-order valence-corrected chi connectivity index (χ4v) is 2.87. The van der Waals surface area contributed by atoms with Crippen molar-refractivity contribution in [1.82, 2.24) is 10.0 Å². The van der Waals surface area contributed by atoms with E-state index in [9.17, 15) is 18.0 Å². The largest absolute Gasteiger partial charge is 0.353 e. The van der Waals surface area contributed by atoms with E-state index in [0.29, 0.717) is 5.56 Å². The van der Waals surface area contributed by atoms with E-state index < -0.39 is 10.0 Å². The summed E-state index contributed by atoms with van der Waals surface area (Å²) in [5.41, 5.74) is 0.337. The van der Waals surface area contributed by atoms with Crippen LogP contribution in [-0.4, -0.2) is 32.7 Å². The Morgan fingerprint density at radius 3 is 2.62 bits per heavy atom. The first-order chi connectivity index (χ1) is 9.88. The Hall–Kier alpha value is -1.73. The molecule has 2 N–H and O–H groups in total. The first-order valence-corrected chi connectivity index (χ1v) is 8.27. The molecule has 1 aliphatic rings. The van der Waals surface area contributed by atoms with E-state index >= 15 is 0 Å². The summed E-state index contributed by atoms with van der Waals surface area (Å²) in [7, 11) is -3.71. The second-order valence-corrected chi connectivity index (χ2v) is 6.84. The first kappa shape index (κ1) is 15.7. The third-order valence-corrected chi connectivity index (χ3v) is 4.60. The van der Waals surface area contributed by atoms with Crippen molar-refractivity contribution in [3.63, 3.8) is 0 Å². The summed E-state index contributed by atoms with van der Waals surface area (Å²) in [4.78, 5) is 22.8. The van der Waals surface area contributed by atoms with Gasteiger partial charge in [0.15, 0.2) is 5.78 Å². The predicted octanol–water partition coefficient (Wildman–Crippen LogP) is 0.836. The normalized spacial score (nSPS) is 14.7. The van der Waals surface area contributed by atoms with Gasteiger partial charge in [-0.1, -0.05) is 12.1 Å². The van der Waals surface area contributed by atoms with Gasteiger partial charge in [0.25, 0.3) is 0 Å². The highest BCUT2D eigenvalue weighted by molar-refractivity contribution is 7.89. The third kappa shape index (κ3) is 4.64. The topological polar surface area (TPSA) is 92.3 Å². The van der Waals surface area contributed by atoms with Crippen LogP contribution < -0.4 is 10.0 Å². The van der Waals surface area contributed by atoms with Crippen LogP contribution in [0, 0.1) is 0 Å². The number of amides is 1. The summed E-state index contributed by atoms with van der Waals surface area (Å²) in [6.07, 6.45) is 2.09. The molecule has 1 aromatic rings. The van der Waals surface area contributed by atoms with Crippen LogP contribution in [0.4, 0.5) is 0 Å². The maximum atomic E-state index is 12.1. The van der Waals surface area contributed by atoms with Crippen molar-refractivity contribution in [1.29, 1.82) is 0 Å². The van der Waals surface area contributed by atoms with Gasteiger partial charge >= 0.3 is 0 Å². The number of benzene rings is 1. The maximum absolute atomic E-state index is 12.1. The summed E-state index contributed by atoms with van der Waals surface area (Å²) in [6, 6.07) is 6.09. The zero-order valence-corrected chi connectivity index (χ0v) is 12.6. The van der Waals surface area contributed by atoms with E-state index in [1.54, 1.807) is 6.07 Å². The Morgan fingerprint density at radius 2 is 2.00 bits per heavy atom. The minimum atomic E-state index is -3.71. The van der Waals surface area contributed by atoms with Crippen LogP contribution in [0.3, 0.4) is 0 Å². The van der Waals surface area contributed by atoms with Crippen LogP contribution in [0.15, 0.2) is 29.2 Å². The molecule has 0 aromatic heterocycles. The molecule has 21 heavy (non-hydrogen) atoms. The highest BCUT2D eigenvalue weighted by atomic mass is 32.2. The molecule has 1 saturated carbocycles. The first-order valence-electron chi connectivity index (χ1n) is 6.78. The lowest BCUT2D eigenvalue weighted by molar-refractivity contribution is -0.121. The molecule has 7 heteroatoms. The van der Waals surface area contributed by atoms with Gasteiger partial charge in [0.2, 0.25) is 15.9 Å². The van der Waals surface area contributed by atoms with Crippen LogP contribution in [0.1, 0.15) is 36.5 Å². The smallest absolute Gasteiger partial charge is 0.240 e. The second-order valence-electron chi connectivity index (χ2n) is 5.07. The Bertz CT molecular complexity index is 651. The highest BCUT2D eigenvalue weighted by Crippen LogP contribution is 2.18. The van der Waals surface area contributed by atoms with Crippen LogP contribution in [0.25, 0.3) is 0 Å². The maximum Gasteiger partial charge on any atom is 0.240 e. The average molecular weight is 310 g/mol. The molecular formula is C14H18N2O4S. The lowest BCUT2D eigenvalue weighted by Gasteiger charge is -2.08. The number of ketones is 1. The molecule has 1 aliphatic carbocycles. The number of carbonyl (C=O) groups excluding carboxylic acids is 2. The van der Waals surface area contributed by atoms with Gasteiger partial charge in [-0.25, -0.2) is 13.1 Å². The molecule has 0 radical (unpaired) electrons. The van der Waals surface area contributed by atoms with Crippen molar-refractivity contribution < 1.29 is 18.0 Å². The van der Waals surface area contributed by atoms with Crippen molar-refractivity contribution in [3.05, 3.63) is 29.8 Å². The molecule has 0 bridgehead atoms. The Kier molecular flexibility index (Phi) is 4.74. The molecule has 0 unspecified atom stereocenters. The van der Waals surface area contributed by atoms with Gasteiger partial charge in [-0.2, -0.15) is 0 Å². The van der Waals surface area contributed by atoms with Crippen molar-refractivity contribution in [2.45, 2.75) is 37.1 Å². The molecule has 114 valence electrons. The zero-order chi connectivity index (χ0) is 15.5. The van der Waals surface area contributed by atoms with E-state index in [-0.39, 0.29) is 35.6 Å². The van der Waals surface area contributed by atoms with E-state index in [2.05, 4.69) is 10.0 Å². The van der Waals surface area contributed by atoms with Crippen LogP contribution in [0.2, 0.25) is 0 Å². The minimum absolute atomic E-state index is 0.0257. The third-order valence-electron chi connectivity index (χ3n) is 3.14. The SMILES string of the molecule is CC(=O)c1cccc(S(=O)(=O)NCCC(=O)NC2CC2)c1. The second kappa shape index (κ2) is 6.36. The molecule has 6 nitrogen and oxygen atoms in total. The lowest BCUT2D eigenvalue weighted by atomic mass is 10.2. The molecule has 0 heterocycles. The summed E-state index contributed by atoms with van der Waals surface area (Å²) < 4.78 is 26.5. The van der Waals surface area contributed by atoms with Crippen LogP contribution in [-0.2, 0) is 14.8 Å². The van der Waals surface area contributed by atoms with E-state index in [0.717, 1.165) is 12.8 Å². The fraction of sp³-hybridized carbons (Fsp3) is 0.429. The molecular weight excluding hydrogens is 292 g/mol. The molecule has 1 fully saturated rings. The highest BCUT2D eigenvalue weighted by Gasteiger charge is 2.23. The summed E-state index contributed by atoms with van der Waals surface area (Å²) >= 11 is 0. The molecule has 0 spiro atoms. The number of hydrogen-bond acceptors (Lipinski definition) is 4. The minimum Gasteiger partial charge on any atom is -0.353 e. The van der Waals surface area contributed by atoms with E-state index in [1.165, 1.54) is 25.1 Å². The zero-order valence-electron chi connectivity index (χ0n) is 11.8. The van der Waals surface area contributed by atoms with Crippen molar-refractivity contribution >= 4 is 21.7 Å². The number of nitrogens with one attached hydrogen (secondary N) is 2. The number of rotatable bonds is 7. The lowest BCUT2D eigenvalue weighted by Crippen LogP contribution is -2.31. The summed E-state index contributed by atoms with van der Waals surface area (Å²) in [5.74, 6) is -0.353. The van der Waals surface area contributed by atoms with Crippen LogP contribution >= 0.6 is 0 Å². The number of Topliss-reactive ketones (excluding diaryl/α,β-unsaturated/α-hetero) is 1. The van der Waals surface area contributed by atoms with Crippen molar-refractivity contribution in [3.8, 4) is 0 Å². The number of hydrogen-bond donors (Lipinski definition) is 2. The molecule has 0 aliphatic heterocycles. The Labute approximate surface area is 124 Å². The number of carbonyl (C=O) groups is 2. The summed E-state index contributed by atoms with van der Waals surface area (Å²) in [6.45, 7) is 1.41. The molecule has 0 saturated heterocycles. The van der Waals surface area contributed by atoms with Gasteiger partial charge in [-0.15, -0.1) is 0 Å². The Morgan fingerprint density at radius 1 is 1.29 bits per heavy atom. The molecule has 1 aromatic carbocycles. The van der Waals surface area contributed by atoms with Crippen molar-refractivity contribution in [2.75, 3.05) is 6.54 Å². The van der Waals surface area contributed by atoms with Gasteiger partial charge in [0.05, 0.1) is 4.90 Å². The quantitative estimate of drug-likeness (QED) is 0.730. The van der Waals surface area contributed by atoms with Gasteiger partial charge in [0, 0.05) is 24.6 Å². The van der Waals surface area contributed by atoms with Crippen LogP contribution in [0.5, 0.6) is 0 Å². The number of sulfonamides is 1. The Balaban J connectivity index is 1.92. The van der Waals surface area contributed by atoms with Gasteiger partial charge in [-0.3, -0.25) is 9.59 Å². The average Bonchev–Trinajstić information content (AvgIpc) is 3.22. The van der Waals surface area contributed by atoms with E-state index in [1.807, 2.05) is 0 Å². The van der Waals surface area contributed by atoms with Gasteiger partial charge in [-0.05, 0) is 31.9 Å². The fourth-order valence-electron chi connectivity index (χ4n) is 1.79. The van der Waals surface area contributed by atoms with Gasteiger partial charge < -0.3 is 5.32 Å². The van der Waals surface area contributed by atoms with E-state index in [4.69, 9.17) is 0 Å². The standard InChI is InChI=1S/C14H18N2O4S/c1-10(17)11-3-2-4-13(9-11)21(19,20)15-8-7-14(18)16-12-5-6-12/h2-4,9,12,15H,5-8H2,1H3,(H,16,18). The molecule has 2 rings (SSSR count). The monoisotopic (exact) mass is 310 g/mol. The molecule has 0 atom stereocenters. The van der Waals surface area contributed by atoms with Crippen molar-refractivity contribution in [2.24, 2.45) is 0 Å². The predicted molar refractivity (Wildman–Crippen MR) is 77.4 cm³/mol. The van der Waals surface area contributed by atoms with Gasteiger partial charge in [0.1, 0.15) is 0 Å². The summed E-state index contributed by atoms with van der Waals surface area (Å²) in [5, 5.41) is 2.79. The molecule has 1 amide bonds.